The molecule has 0 unspecified atom stereocenters. The first-order valence-electron chi connectivity index (χ1n) is 12.5. The zero-order chi connectivity index (χ0) is 25.1. The lowest BCUT2D eigenvalue weighted by molar-refractivity contribution is -0.126. The number of nitrogens with one attached hydrogen (secondary N) is 2. The Morgan fingerprint density at radius 3 is 2.44 bits per heavy atom. The molecule has 3 aromatic rings. The van der Waals surface area contributed by atoms with Crippen LogP contribution < -0.4 is 10.0 Å². The third kappa shape index (κ3) is 5.42. The molecule has 0 aliphatic heterocycles. The number of rotatable bonds is 7. The van der Waals surface area contributed by atoms with E-state index in [2.05, 4.69) is 33.2 Å². The van der Waals surface area contributed by atoms with Crippen molar-refractivity contribution in [3.05, 3.63) is 95.3 Å². The highest BCUT2D eigenvalue weighted by Gasteiger charge is 2.30. The fourth-order valence-electron chi connectivity index (χ4n) is 5.12. The number of nitrogens with zero attached hydrogens (tertiary/aromatic N) is 1. The Morgan fingerprint density at radius 1 is 0.972 bits per heavy atom. The lowest BCUT2D eigenvalue weighted by Gasteiger charge is -2.29. The van der Waals surface area contributed by atoms with Gasteiger partial charge in [0.15, 0.2) is 0 Å². The molecule has 1 amide bonds. The van der Waals surface area contributed by atoms with Gasteiger partial charge in [-0.2, -0.15) is 0 Å². The number of hydrogen-bond donors (Lipinski definition) is 2. The number of hydrogen-bond acceptors (Lipinski definition) is 4. The van der Waals surface area contributed by atoms with Crippen LogP contribution in [0.15, 0.2) is 77.8 Å². The van der Waals surface area contributed by atoms with Crippen LogP contribution in [0.5, 0.6) is 0 Å². The summed E-state index contributed by atoms with van der Waals surface area (Å²) in [4.78, 5) is 17.4. The quantitative estimate of drug-likeness (QED) is 0.482. The summed E-state index contributed by atoms with van der Waals surface area (Å²) >= 11 is 0. The molecule has 0 radical (unpaired) electrons. The van der Waals surface area contributed by atoms with Crippen molar-refractivity contribution in [2.24, 2.45) is 5.92 Å². The van der Waals surface area contributed by atoms with Gasteiger partial charge < -0.3 is 5.32 Å². The van der Waals surface area contributed by atoms with E-state index in [-0.39, 0.29) is 23.9 Å². The van der Waals surface area contributed by atoms with Crippen LogP contribution in [0, 0.1) is 5.92 Å². The maximum Gasteiger partial charge on any atom is 0.240 e. The second-order valence-electron chi connectivity index (χ2n) is 9.73. The summed E-state index contributed by atoms with van der Waals surface area (Å²) in [6.07, 6.45) is 7.16. The van der Waals surface area contributed by atoms with Crippen molar-refractivity contribution in [3.63, 3.8) is 0 Å². The summed E-state index contributed by atoms with van der Waals surface area (Å²) in [5.74, 6) is -0.103. The minimum Gasteiger partial charge on any atom is -0.348 e. The van der Waals surface area contributed by atoms with Gasteiger partial charge in [-0.1, -0.05) is 48.5 Å². The maximum atomic E-state index is 13.2. The van der Waals surface area contributed by atoms with Crippen molar-refractivity contribution in [1.82, 2.24) is 15.0 Å². The highest BCUT2D eigenvalue weighted by molar-refractivity contribution is 7.89. The first-order valence-corrected chi connectivity index (χ1v) is 14.0. The standard InChI is InChI=1S/C29H31N3O3S/c1-20(28-9-5-6-16-30-28)31-29(33)22-10-13-26(14-11-22)32-36(34,35)27-15-12-23-17-24(18-25(23)19-27)21-7-3-2-4-8-21/h2-9,12,15-17,19-20,22,26,32H,10-11,13-14,18H2,1H3,(H,31,33)/t20-,22?,26?/m1/s1. The van der Waals surface area contributed by atoms with Gasteiger partial charge in [0.25, 0.3) is 0 Å². The zero-order valence-electron chi connectivity index (χ0n) is 20.4. The predicted molar refractivity (Wildman–Crippen MR) is 141 cm³/mol. The molecule has 36 heavy (non-hydrogen) atoms. The van der Waals surface area contributed by atoms with Gasteiger partial charge >= 0.3 is 0 Å². The summed E-state index contributed by atoms with van der Waals surface area (Å²) in [6, 6.07) is 20.9. The molecule has 1 aromatic heterocycles. The van der Waals surface area contributed by atoms with Gasteiger partial charge in [0, 0.05) is 18.2 Å². The summed E-state index contributed by atoms with van der Waals surface area (Å²) in [5, 5.41) is 3.05. The Morgan fingerprint density at radius 2 is 1.72 bits per heavy atom. The minimum atomic E-state index is -3.64. The zero-order valence-corrected chi connectivity index (χ0v) is 21.2. The summed E-state index contributed by atoms with van der Waals surface area (Å²) < 4.78 is 29.2. The summed E-state index contributed by atoms with van der Waals surface area (Å²) in [7, 11) is -3.64. The average molecular weight is 502 g/mol. The number of pyridine rings is 1. The molecular formula is C29H31N3O3S. The fourth-order valence-corrected chi connectivity index (χ4v) is 6.48. The van der Waals surface area contributed by atoms with E-state index in [1.165, 1.54) is 5.57 Å². The molecule has 2 aliphatic rings. The number of allylic oxidation sites excluding steroid dienone is 1. The molecule has 6 nitrogen and oxygen atoms in total. The monoisotopic (exact) mass is 501 g/mol. The average Bonchev–Trinajstić information content (AvgIpc) is 3.33. The number of aromatic nitrogens is 1. The topological polar surface area (TPSA) is 88.2 Å². The molecule has 1 saturated carbocycles. The Hall–Kier alpha value is -3.29. The number of carbonyl (C=O) groups excluding carboxylic acids is 1. The summed E-state index contributed by atoms with van der Waals surface area (Å²) in [6.45, 7) is 1.93. The second-order valence-corrected chi connectivity index (χ2v) is 11.4. The molecule has 0 saturated heterocycles. The van der Waals surface area contributed by atoms with Gasteiger partial charge in [-0.15, -0.1) is 0 Å². The molecule has 5 rings (SSSR count). The van der Waals surface area contributed by atoms with Crippen LogP contribution in [0.2, 0.25) is 0 Å². The van der Waals surface area contributed by atoms with Gasteiger partial charge in [-0.3, -0.25) is 9.78 Å². The number of carbonyl (C=O) groups is 1. The molecule has 1 heterocycles. The highest BCUT2D eigenvalue weighted by Crippen LogP contribution is 2.33. The molecule has 0 spiro atoms. The van der Waals surface area contributed by atoms with Crippen molar-refractivity contribution in [2.75, 3.05) is 0 Å². The Balaban J connectivity index is 1.16. The molecule has 2 aliphatic carbocycles. The Labute approximate surface area is 212 Å². The molecule has 186 valence electrons. The van der Waals surface area contributed by atoms with Crippen LogP contribution in [-0.4, -0.2) is 25.4 Å². The van der Waals surface area contributed by atoms with Gasteiger partial charge in [0.05, 0.1) is 16.6 Å². The highest BCUT2D eigenvalue weighted by atomic mass is 32.2. The van der Waals surface area contributed by atoms with Gasteiger partial charge in [0.1, 0.15) is 0 Å². The molecule has 1 fully saturated rings. The maximum absolute atomic E-state index is 13.2. The first kappa shape index (κ1) is 24.4. The fraction of sp³-hybridized carbons (Fsp3) is 0.310. The van der Waals surface area contributed by atoms with Crippen molar-refractivity contribution < 1.29 is 13.2 Å². The molecule has 1 atom stereocenters. The van der Waals surface area contributed by atoms with E-state index in [9.17, 15) is 13.2 Å². The first-order chi connectivity index (χ1) is 17.4. The second kappa shape index (κ2) is 10.4. The van der Waals surface area contributed by atoms with Gasteiger partial charge in [0.2, 0.25) is 15.9 Å². The van der Waals surface area contributed by atoms with E-state index in [0.29, 0.717) is 30.6 Å². The van der Waals surface area contributed by atoms with Crippen molar-refractivity contribution in [2.45, 2.75) is 56.0 Å². The van der Waals surface area contributed by atoms with Crippen LogP contribution in [-0.2, 0) is 21.2 Å². The smallest absolute Gasteiger partial charge is 0.240 e. The number of amides is 1. The lowest BCUT2D eigenvalue weighted by Crippen LogP contribution is -2.41. The van der Waals surface area contributed by atoms with Crippen LogP contribution in [0.4, 0.5) is 0 Å². The van der Waals surface area contributed by atoms with E-state index in [4.69, 9.17) is 0 Å². The van der Waals surface area contributed by atoms with E-state index < -0.39 is 10.0 Å². The van der Waals surface area contributed by atoms with Crippen LogP contribution >= 0.6 is 0 Å². The normalized spacial score (nSPS) is 20.3. The molecule has 7 heteroatoms. The lowest BCUT2D eigenvalue weighted by atomic mass is 9.86. The van der Waals surface area contributed by atoms with Crippen molar-refractivity contribution in [1.29, 1.82) is 0 Å². The van der Waals surface area contributed by atoms with E-state index in [0.717, 1.165) is 28.8 Å². The van der Waals surface area contributed by atoms with E-state index in [1.807, 2.05) is 49.4 Å². The van der Waals surface area contributed by atoms with Gasteiger partial charge in [-0.05, 0) is 85.6 Å². The third-order valence-corrected chi connectivity index (χ3v) is 8.71. The van der Waals surface area contributed by atoms with E-state index in [1.54, 1.807) is 18.3 Å². The third-order valence-electron chi connectivity index (χ3n) is 7.19. The molecule has 2 aromatic carbocycles. The Bertz CT molecular complexity index is 1360. The summed E-state index contributed by atoms with van der Waals surface area (Å²) in [5.41, 5.74) is 5.28. The Kier molecular flexibility index (Phi) is 7.03. The SMILES string of the molecule is C[C@@H](NC(=O)C1CCC(NS(=O)(=O)c2ccc3c(c2)CC(c2ccccc2)=C3)CC1)c1ccccn1. The van der Waals surface area contributed by atoms with Gasteiger partial charge in [-0.25, -0.2) is 13.1 Å². The van der Waals surface area contributed by atoms with E-state index >= 15 is 0 Å². The van der Waals surface area contributed by atoms with Crippen LogP contribution in [0.25, 0.3) is 11.6 Å². The molecule has 2 N–H and O–H groups in total. The molecular weight excluding hydrogens is 470 g/mol. The van der Waals surface area contributed by atoms with Crippen molar-refractivity contribution in [3.8, 4) is 0 Å². The largest absolute Gasteiger partial charge is 0.348 e. The minimum absolute atomic E-state index is 0.00908. The number of sulfonamides is 1. The van der Waals surface area contributed by atoms with Crippen LogP contribution in [0.3, 0.4) is 0 Å². The molecule has 0 bridgehead atoms. The number of benzene rings is 2. The predicted octanol–water partition coefficient (Wildman–Crippen LogP) is 4.89. The van der Waals surface area contributed by atoms with Crippen LogP contribution in [0.1, 0.15) is 61.0 Å². The number of fused-ring (bicyclic) bond motifs is 1. The van der Waals surface area contributed by atoms with Crippen molar-refractivity contribution >= 4 is 27.6 Å².